The molecule has 0 aliphatic rings. The van der Waals surface area contributed by atoms with E-state index in [2.05, 4.69) is 20.8 Å². The number of aliphatic hydroxyl groups is 2. The van der Waals surface area contributed by atoms with E-state index in [1.807, 2.05) is 23.1 Å². The first-order valence-electron chi connectivity index (χ1n) is 6.17. The average molecular weight is 272 g/mol. The average Bonchev–Trinajstić information content (AvgIpc) is 2.27. The summed E-state index contributed by atoms with van der Waals surface area (Å²) in [5, 5.41) is 18.8. The van der Waals surface area contributed by atoms with Crippen LogP contribution in [0.4, 0.5) is 5.69 Å². The molecule has 0 amide bonds. The van der Waals surface area contributed by atoms with Crippen molar-refractivity contribution >= 4 is 17.3 Å². The molecule has 0 aliphatic heterocycles. The summed E-state index contributed by atoms with van der Waals surface area (Å²) in [4.78, 5) is 1.92. The fourth-order valence-corrected chi connectivity index (χ4v) is 2.38. The first kappa shape index (κ1) is 15.3. The molecule has 1 rings (SSSR count). The van der Waals surface area contributed by atoms with Gasteiger partial charge >= 0.3 is 0 Å². The smallest absolute Gasteiger partial charge is 0.0606 e. The summed E-state index contributed by atoms with van der Waals surface area (Å²) in [6.45, 7) is 7.45. The van der Waals surface area contributed by atoms with Gasteiger partial charge in [0.15, 0.2) is 0 Å². The van der Waals surface area contributed by atoms with Gasteiger partial charge in [0.05, 0.1) is 13.2 Å². The van der Waals surface area contributed by atoms with Crippen LogP contribution in [0.2, 0.25) is 5.02 Å². The minimum absolute atomic E-state index is 0.00833. The van der Waals surface area contributed by atoms with Gasteiger partial charge < -0.3 is 15.1 Å². The van der Waals surface area contributed by atoms with Crippen molar-refractivity contribution in [2.45, 2.75) is 26.2 Å². The second-order valence-corrected chi connectivity index (χ2v) is 5.76. The zero-order valence-electron chi connectivity index (χ0n) is 11.3. The molecule has 3 nitrogen and oxygen atoms in total. The van der Waals surface area contributed by atoms with Crippen molar-refractivity contribution in [3.05, 3.63) is 28.8 Å². The van der Waals surface area contributed by atoms with Gasteiger partial charge in [0, 0.05) is 23.8 Å². The molecule has 4 heteroatoms. The summed E-state index contributed by atoms with van der Waals surface area (Å²) in [7, 11) is 0. The zero-order chi connectivity index (χ0) is 13.8. The van der Waals surface area contributed by atoms with Crippen molar-refractivity contribution in [1.29, 1.82) is 0 Å². The van der Waals surface area contributed by atoms with Crippen LogP contribution < -0.4 is 4.90 Å². The largest absolute Gasteiger partial charge is 0.395 e. The summed E-state index contributed by atoms with van der Waals surface area (Å²) < 4.78 is 0. The van der Waals surface area contributed by atoms with Gasteiger partial charge in [-0.2, -0.15) is 0 Å². The maximum absolute atomic E-state index is 9.02. The number of halogens is 1. The third-order valence-corrected chi connectivity index (χ3v) is 3.18. The van der Waals surface area contributed by atoms with Gasteiger partial charge in [0.2, 0.25) is 0 Å². The van der Waals surface area contributed by atoms with Gasteiger partial charge in [0.1, 0.15) is 0 Å². The Morgan fingerprint density at radius 2 is 1.67 bits per heavy atom. The molecule has 1 aromatic rings. The first-order chi connectivity index (χ1) is 8.40. The lowest BCUT2D eigenvalue weighted by Gasteiger charge is -2.26. The van der Waals surface area contributed by atoms with E-state index >= 15 is 0 Å². The van der Waals surface area contributed by atoms with E-state index < -0.39 is 0 Å². The Balaban J connectivity index is 3.01. The van der Waals surface area contributed by atoms with E-state index in [1.54, 1.807) is 0 Å². The summed E-state index contributed by atoms with van der Waals surface area (Å²) in [6, 6.07) is 5.89. The monoisotopic (exact) mass is 271 g/mol. The molecule has 0 heterocycles. The van der Waals surface area contributed by atoms with E-state index in [0.29, 0.717) is 13.1 Å². The number of hydrogen-bond donors (Lipinski definition) is 2. The van der Waals surface area contributed by atoms with Crippen molar-refractivity contribution in [2.75, 3.05) is 31.2 Å². The molecule has 0 saturated carbocycles. The molecule has 0 atom stereocenters. The Labute approximate surface area is 114 Å². The van der Waals surface area contributed by atoms with Crippen LogP contribution in [0.3, 0.4) is 0 Å². The van der Waals surface area contributed by atoms with Gasteiger partial charge in [-0.05, 0) is 23.1 Å². The molecule has 0 unspecified atom stereocenters. The number of rotatable bonds is 5. The topological polar surface area (TPSA) is 43.7 Å². The minimum Gasteiger partial charge on any atom is -0.395 e. The summed E-state index contributed by atoms with van der Waals surface area (Å²) in [5.41, 5.74) is 2.03. The molecule has 2 N–H and O–H groups in total. The molecular formula is C14H22ClNO2. The highest BCUT2D eigenvalue weighted by molar-refractivity contribution is 6.31. The number of benzene rings is 1. The fraction of sp³-hybridized carbons (Fsp3) is 0.571. The third-order valence-electron chi connectivity index (χ3n) is 2.87. The molecular weight excluding hydrogens is 250 g/mol. The quantitative estimate of drug-likeness (QED) is 0.865. The minimum atomic E-state index is 0.00833. The van der Waals surface area contributed by atoms with E-state index in [9.17, 15) is 0 Å². The normalized spacial score (nSPS) is 11.7. The molecule has 0 radical (unpaired) electrons. The number of hydrogen-bond acceptors (Lipinski definition) is 3. The van der Waals surface area contributed by atoms with Crippen LogP contribution in [0.25, 0.3) is 0 Å². The summed E-state index contributed by atoms with van der Waals surface area (Å²) >= 11 is 6.31. The van der Waals surface area contributed by atoms with Crippen molar-refractivity contribution < 1.29 is 10.2 Å². The molecule has 18 heavy (non-hydrogen) atoms. The van der Waals surface area contributed by atoms with Crippen molar-refractivity contribution in [3.63, 3.8) is 0 Å². The fourth-order valence-electron chi connectivity index (χ4n) is 1.92. The van der Waals surface area contributed by atoms with E-state index in [0.717, 1.165) is 16.3 Å². The van der Waals surface area contributed by atoms with Crippen LogP contribution in [0.1, 0.15) is 26.3 Å². The van der Waals surface area contributed by atoms with Crippen molar-refractivity contribution in [2.24, 2.45) is 0 Å². The van der Waals surface area contributed by atoms with Crippen LogP contribution in [0.5, 0.6) is 0 Å². The van der Waals surface area contributed by atoms with Crippen LogP contribution in [0.15, 0.2) is 18.2 Å². The molecule has 0 aromatic heterocycles. The number of aliphatic hydroxyl groups excluding tert-OH is 2. The van der Waals surface area contributed by atoms with Gasteiger partial charge in [-0.3, -0.25) is 0 Å². The Morgan fingerprint density at radius 3 is 2.06 bits per heavy atom. The zero-order valence-corrected chi connectivity index (χ0v) is 12.0. The van der Waals surface area contributed by atoms with E-state index in [1.165, 1.54) is 0 Å². The highest BCUT2D eigenvalue weighted by Crippen LogP contribution is 2.32. The molecule has 0 fully saturated rings. The predicted molar refractivity (Wildman–Crippen MR) is 76.5 cm³/mol. The standard InChI is InChI=1S/C14H22ClNO2/c1-14(2,3)12-5-4-11(10-13(12)15)16(6-8-17)7-9-18/h4-5,10,17-18H,6-9H2,1-3H3. The highest BCUT2D eigenvalue weighted by Gasteiger charge is 2.18. The van der Waals surface area contributed by atoms with Crippen LogP contribution in [0, 0.1) is 0 Å². The lowest BCUT2D eigenvalue weighted by molar-refractivity contribution is 0.281. The Hall–Kier alpha value is -0.770. The highest BCUT2D eigenvalue weighted by atomic mass is 35.5. The van der Waals surface area contributed by atoms with Crippen LogP contribution in [-0.2, 0) is 5.41 Å². The lowest BCUT2D eigenvalue weighted by atomic mass is 9.87. The van der Waals surface area contributed by atoms with E-state index in [-0.39, 0.29) is 18.6 Å². The first-order valence-corrected chi connectivity index (χ1v) is 6.54. The van der Waals surface area contributed by atoms with E-state index in [4.69, 9.17) is 21.8 Å². The second kappa shape index (κ2) is 6.41. The number of nitrogens with zero attached hydrogens (tertiary/aromatic N) is 1. The predicted octanol–water partition coefficient (Wildman–Crippen LogP) is 2.43. The van der Waals surface area contributed by atoms with Gasteiger partial charge in [0.25, 0.3) is 0 Å². The lowest BCUT2D eigenvalue weighted by Crippen LogP contribution is -2.29. The summed E-state index contributed by atoms with van der Waals surface area (Å²) in [6.07, 6.45) is 0. The van der Waals surface area contributed by atoms with Gasteiger partial charge in [-0.1, -0.05) is 38.4 Å². The third kappa shape index (κ3) is 3.87. The van der Waals surface area contributed by atoms with Crippen LogP contribution >= 0.6 is 11.6 Å². The Bertz CT molecular complexity index is 382. The molecule has 0 saturated heterocycles. The molecule has 0 aliphatic carbocycles. The van der Waals surface area contributed by atoms with Crippen molar-refractivity contribution in [3.8, 4) is 0 Å². The Morgan fingerprint density at radius 1 is 1.11 bits per heavy atom. The maximum atomic E-state index is 9.02. The van der Waals surface area contributed by atoms with Gasteiger partial charge in [-0.15, -0.1) is 0 Å². The Kier molecular flexibility index (Phi) is 5.45. The molecule has 0 spiro atoms. The number of anilines is 1. The van der Waals surface area contributed by atoms with Crippen molar-refractivity contribution in [1.82, 2.24) is 0 Å². The second-order valence-electron chi connectivity index (χ2n) is 5.35. The van der Waals surface area contributed by atoms with Crippen LogP contribution in [-0.4, -0.2) is 36.5 Å². The summed E-state index contributed by atoms with van der Waals surface area (Å²) in [5.74, 6) is 0. The SMILES string of the molecule is CC(C)(C)c1ccc(N(CCO)CCO)cc1Cl. The molecule has 1 aromatic carbocycles. The maximum Gasteiger partial charge on any atom is 0.0606 e. The molecule has 102 valence electrons. The van der Waals surface area contributed by atoms with Gasteiger partial charge in [-0.25, -0.2) is 0 Å². The molecule has 0 bridgehead atoms.